The van der Waals surface area contributed by atoms with Gasteiger partial charge in [0.1, 0.15) is 0 Å². The summed E-state index contributed by atoms with van der Waals surface area (Å²) >= 11 is 3.41. The van der Waals surface area contributed by atoms with Gasteiger partial charge in [0.25, 0.3) is 5.91 Å². The molecule has 0 atom stereocenters. The number of nitrogens with one attached hydrogen (secondary N) is 1. The van der Waals surface area contributed by atoms with Crippen molar-refractivity contribution in [2.45, 2.75) is 25.9 Å². The van der Waals surface area contributed by atoms with Gasteiger partial charge in [-0.05, 0) is 43.7 Å². The first kappa shape index (κ1) is 18.6. The Morgan fingerprint density at radius 3 is 2.50 bits per heavy atom. The first-order valence-electron chi connectivity index (χ1n) is 6.66. The maximum Gasteiger partial charge on any atom is 0.252 e. The Bertz CT molecular complexity index is 644. The van der Waals surface area contributed by atoms with Gasteiger partial charge in [-0.15, -0.1) is 12.4 Å². The van der Waals surface area contributed by atoms with Crippen molar-refractivity contribution in [2.24, 2.45) is 5.73 Å². The maximum absolute atomic E-state index is 12.4. The molecule has 118 valence electrons. The topological polar surface area (TPSA) is 68.0 Å². The molecule has 0 fully saturated rings. The molecule has 0 unspecified atom stereocenters. The average molecular weight is 385 g/mol. The Labute approximate surface area is 145 Å². The fourth-order valence-corrected chi connectivity index (χ4v) is 2.29. The van der Waals surface area contributed by atoms with Crippen LogP contribution in [0.25, 0.3) is 0 Å². The van der Waals surface area contributed by atoms with Gasteiger partial charge >= 0.3 is 0 Å². The second-order valence-electron chi connectivity index (χ2n) is 5.33. The molecule has 1 amide bonds. The first-order valence-corrected chi connectivity index (χ1v) is 7.45. The molecule has 0 aliphatic carbocycles. The molecule has 0 aliphatic rings. The van der Waals surface area contributed by atoms with Crippen LogP contribution in [0.5, 0.6) is 0 Å². The normalized spacial score (nSPS) is 10.7. The summed E-state index contributed by atoms with van der Waals surface area (Å²) in [5.41, 5.74) is 7.38. The van der Waals surface area contributed by atoms with Crippen LogP contribution >= 0.6 is 28.3 Å². The number of benzene rings is 1. The molecule has 3 N–H and O–H groups in total. The van der Waals surface area contributed by atoms with Crippen LogP contribution in [-0.4, -0.2) is 10.9 Å². The molecule has 1 aromatic heterocycles. The van der Waals surface area contributed by atoms with E-state index in [0.717, 1.165) is 10.0 Å². The molecule has 0 saturated heterocycles. The molecule has 1 heterocycles. The van der Waals surface area contributed by atoms with E-state index < -0.39 is 5.54 Å². The predicted molar refractivity (Wildman–Crippen MR) is 94.0 cm³/mol. The van der Waals surface area contributed by atoms with Crippen molar-refractivity contribution in [2.75, 3.05) is 0 Å². The minimum absolute atomic E-state index is 0. The molecule has 0 saturated carbocycles. The van der Waals surface area contributed by atoms with E-state index in [4.69, 9.17) is 5.73 Å². The van der Waals surface area contributed by atoms with E-state index >= 15 is 0 Å². The van der Waals surface area contributed by atoms with Crippen molar-refractivity contribution in [3.63, 3.8) is 0 Å². The van der Waals surface area contributed by atoms with Crippen LogP contribution in [0.2, 0.25) is 0 Å². The SMILES string of the molecule is CC(C)(NC(=O)c1ccnc(CN)c1)c1ccc(Br)cc1.Cl. The summed E-state index contributed by atoms with van der Waals surface area (Å²) in [6.07, 6.45) is 1.60. The summed E-state index contributed by atoms with van der Waals surface area (Å²) in [7, 11) is 0. The number of rotatable bonds is 4. The van der Waals surface area contributed by atoms with Gasteiger partial charge in [-0.25, -0.2) is 0 Å². The zero-order valence-electron chi connectivity index (χ0n) is 12.5. The summed E-state index contributed by atoms with van der Waals surface area (Å²) in [6.45, 7) is 4.26. The van der Waals surface area contributed by atoms with E-state index in [2.05, 4.69) is 26.2 Å². The monoisotopic (exact) mass is 383 g/mol. The summed E-state index contributed by atoms with van der Waals surface area (Å²) in [5.74, 6) is -0.139. The Balaban J connectivity index is 0.00000242. The van der Waals surface area contributed by atoms with Crippen molar-refractivity contribution < 1.29 is 4.79 Å². The van der Waals surface area contributed by atoms with Crippen molar-refractivity contribution in [1.29, 1.82) is 0 Å². The van der Waals surface area contributed by atoms with Gasteiger partial charge in [-0.3, -0.25) is 9.78 Å². The molecular weight excluding hydrogens is 366 g/mol. The highest BCUT2D eigenvalue weighted by Gasteiger charge is 2.23. The lowest BCUT2D eigenvalue weighted by Crippen LogP contribution is -2.41. The third-order valence-electron chi connectivity index (χ3n) is 3.28. The molecule has 0 spiro atoms. The van der Waals surface area contributed by atoms with Crippen LogP contribution < -0.4 is 11.1 Å². The third kappa shape index (κ3) is 4.53. The van der Waals surface area contributed by atoms with Crippen LogP contribution in [0.1, 0.15) is 35.5 Å². The Hall–Kier alpha value is -1.43. The smallest absolute Gasteiger partial charge is 0.252 e. The molecule has 0 aliphatic heterocycles. The molecular formula is C16H19BrClN3O. The Morgan fingerprint density at radius 2 is 1.91 bits per heavy atom. The number of hydrogen-bond acceptors (Lipinski definition) is 3. The van der Waals surface area contributed by atoms with Gasteiger partial charge in [0, 0.05) is 22.8 Å². The predicted octanol–water partition coefficient (Wildman–Crippen LogP) is 3.39. The number of carbonyl (C=O) groups is 1. The second kappa shape index (κ2) is 7.72. The van der Waals surface area contributed by atoms with E-state index in [9.17, 15) is 4.79 Å². The van der Waals surface area contributed by atoms with E-state index in [0.29, 0.717) is 17.8 Å². The van der Waals surface area contributed by atoms with E-state index in [-0.39, 0.29) is 18.3 Å². The number of nitrogens with zero attached hydrogens (tertiary/aromatic N) is 1. The summed E-state index contributed by atoms with van der Waals surface area (Å²) in [5, 5.41) is 3.04. The van der Waals surface area contributed by atoms with Gasteiger partial charge in [-0.2, -0.15) is 0 Å². The molecule has 2 rings (SSSR count). The van der Waals surface area contributed by atoms with Crippen molar-refractivity contribution in [3.05, 3.63) is 63.9 Å². The van der Waals surface area contributed by atoms with Gasteiger partial charge in [-0.1, -0.05) is 28.1 Å². The lowest BCUT2D eigenvalue weighted by atomic mass is 9.94. The van der Waals surface area contributed by atoms with Crippen LogP contribution in [0.4, 0.5) is 0 Å². The molecule has 4 nitrogen and oxygen atoms in total. The first-order chi connectivity index (χ1) is 9.92. The number of amides is 1. The zero-order chi connectivity index (χ0) is 15.5. The largest absolute Gasteiger partial charge is 0.343 e. The fraction of sp³-hybridized carbons (Fsp3) is 0.250. The minimum Gasteiger partial charge on any atom is -0.343 e. The number of halogens is 2. The number of carbonyl (C=O) groups excluding carboxylic acids is 1. The standard InChI is InChI=1S/C16H18BrN3O.ClH/c1-16(2,12-3-5-13(17)6-4-12)20-15(21)11-7-8-19-14(9-11)10-18;/h3-9H,10,18H2,1-2H3,(H,20,21);1H. The average Bonchev–Trinajstić information content (AvgIpc) is 2.47. The van der Waals surface area contributed by atoms with Crippen LogP contribution in [-0.2, 0) is 12.1 Å². The highest BCUT2D eigenvalue weighted by molar-refractivity contribution is 9.10. The van der Waals surface area contributed by atoms with Gasteiger partial charge in [0.2, 0.25) is 0 Å². The minimum atomic E-state index is -0.468. The highest BCUT2D eigenvalue weighted by atomic mass is 79.9. The summed E-state index contributed by atoms with van der Waals surface area (Å²) in [4.78, 5) is 16.5. The number of nitrogens with two attached hydrogens (primary N) is 1. The fourth-order valence-electron chi connectivity index (χ4n) is 2.03. The number of aromatic nitrogens is 1. The molecule has 6 heteroatoms. The molecule has 0 bridgehead atoms. The van der Waals surface area contributed by atoms with Gasteiger partial charge in [0.15, 0.2) is 0 Å². The highest BCUT2D eigenvalue weighted by Crippen LogP contribution is 2.22. The van der Waals surface area contributed by atoms with E-state index in [1.807, 2.05) is 38.1 Å². The van der Waals surface area contributed by atoms with Crippen molar-refractivity contribution in [1.82, 2.24) is 10.3 Å². The lowest BCUT2D eigenvalue weighted by molar-refractivity contribution is 0.0912. The van der Waals surface area contributed by atoms with E-state index in [1.165, 1.54) is 0 Å². The van der Waals surface area contributed by atoms with Crippen LogP contribution in [0, 0.1) is 0 Å². The lowest BCUT2D eigenvalue weighted by Gasteiger charge is -2.27. The van der Waals surface area contributed by atoms with Crippen LogP contribution in [0.15, 0.2) is 47.1 Å². The molecule has 22 heavy (non-hydrogen) atoms. The molecule has 2 aromatic rings. The van der Waals surface area contributed by atoms with E-state index in [1.54, 1.807) is 18.3 Å². The summed E-state index contributed by atoms with van der Waals surface area (Å²) in [6, 6.07) is 11.3. The Morgan fingerprint density at radius 1 is 1.27 bits per heavy atom. The zero-order valence-corrected chi connectivity index (χ0v) is 14.9. The van der Waals surface area contributed by atoms with Gasteiger partial charge < -0.3 is 11.1 Å². The summed E-state index contributed by atoms with van der Waals surface area (Å²) < 4.78 is 1.01. The number of hydrogen-bond donors (Lipinski definition) is 2. The number of pyridine rings is 1. The van der Waals surface area contributed by atoms with Crippen molar-refractivity contribution >= 4 is 34.2 Å². The van der Waals surface area contributed by atoms with Crippen molar-refractivity contribution in [3.8, 4) is 0 Å². The molecule has 1 aromatic carbocycles. The van der Waals surface area contributed by atoms with Gasteiger partial charge in [0.05, 0.1) is 11.2 Å². The maximum atomic E-state index is 12.4. The third-order valence-corrected chi connectivity index (χ3v) is 3.81. The second-order valence-corrected chi connectivity index (χ2v) is 6.24. The van der Waals surface area contributed by atoms with Crippen LogP contribution in [0.3, 0.4) is 0 Å². The quantitative estimate of drug-likeness (QED) is 0.849. The molecule has 0 radical (unpaired) electrons. The Kier molecular flexibility index (Phi) is 6.53.